The van der Waals surface area contributed by atoms with Crippen LogP contribution in [0.25, 0.3) is 0 Å². The number of carbonyl (C=O) groups excluding carboxylic acids is 2. The van der Waals surface area contributed by atoms with E-state index in [4.69, 9.17) is 28.4 Å². The summed E-state index contributed by atoms with van der Waals surface area (Å²) in [5.41, 5.74) is 0. The van der Waals surface area contributed by atoms with Gasteiger partial charge in [-0.15, -0.1) is 0 Å². The second-order valence-electron chi connectivity index (χ2n) is 16.2. The lowest BCUT2D eigenvalue weighted by atomic mass is 9.98. The molecule has 63 heavy (non-hydrogen) atoms. The Morgan fingerprint density at radius 2 is 1.00 bits per heavy atom. The van der Waals surface area contributed by atoms with Crippen LogP contribution in [0.5, 0.6) is 0 Å². The third-order valence-electron chi connectivity index (χ3n) is 10.8. The van der Waals surface area contributed by atoms with Crippen molar-refractivity contribution in [2.45, 2.75) is 203 Å². The van der Waals surface area contributed by atoms with Crippen molar-refractivity contribution in [3.8, 4) is 0 Å². The van der Waals surface area contributed by atoms with E-state index in [1.54, 1.807) is 0 Å². The highest BCUT2D eigenvalue weighted by molar-refractivity contribution is 5.70. The van der Waals surface area contributed by atoms with E-state index >= 15 is 0 Å². The molecule has 2 aliphatic heterocycles. The quantitative estimate of drug-likeness (QED) is 0.0246. The van der Waals surface area contributed by atoms with Gasteiger partial charge in [0.25, 0.3) is 0 Å². The van der Waals surface area contributed by atoms with Crippen LogP contribution in [0.2, 0.25) is 0 Å². The van der Waals surface area contributed by atoms with E-state index in [1.165, 1.54) is 19.3 Å². The van der Waals surface area contributed by atoms with E-state index in [0.29, 0.717) is 12.8 Å². The number of aliphatic hydroxyl groups excluding tert-OH is 7. The molecule has 0 amide bonds. The van der Waals surface area contributed by atoms with Gasteiger partial charge in [-0.1, -0.05) is 126 Å². The first-order chi connectivity index (χ1) is 30.5. The number of ether oxygens (including phenoxy) is 6. The van der Waals surface area contributed by atoms with Gasteiger partial charge in [-0.05, 0) is 57.8 Å². The summed E-state index contributed by atoms with van der Waals surface area (Å²) in [7, 11) is 0. The fourth-order valence-corrected chi connectivity index (χ4v) is 6.89. The Balaban J connectivity index is 1.82. The fraction of sp³-hybridized carbons (Fsp3) is 0.750. The Labute approximate surface area is 375 Å². The minimum atomic E-state index is -1.77. The summed E-state index contributed by atoms with van der Waals surface area (Å²) in [5, 5.41) is 71.8. The highest BCUT2D eigenvalue weighted by Crippen LogP contribution is 2.26. The molecule has 2 heterocycles. The second kappa shape index (κ2) is 35.5. The Hall–Kier alpha value is -2.80. The van der Waals surface area contributed by atoms with Crippen molar-refractivity contribution >= 4 is 11.9 Å². The van der Waals surface area contributed by atoms with Gasteiger partial charge < -0.3 is 64.2 Å². The summed E-state index contributed by atoms with van der Waals surface area (Å²) in [6.45, 7) is 2.37. The molecule has 2 saturated heterocycles. The predicted octanol–water partition coefficient (Wildman–Crippen LogP) is 5.31. The number of hydrogen-bond acceptors (Lipinski definition) is 15. The highest BCUT2D eigenvalue weighted by atomic mass is 16.7. The molecule has 0 aromatic carbocycles. The molecule has 0 radical (unpaired) electrons. The summed E-state index contributed by atoms with van der Waals surface area (Å²) in [5.74, 6) is -0.973. The smallest absolute Gasteiger partial charge is 0.306 e. The molecule has 2 fully saturated rings. The number of hydrogen-bond donors (Lipinski definition) is 7. The van der Waals surface area contributed by atoms with Crippen LogP contribution in [0.15, 0.2) is 60.8 Å². The Morgan fingerprint density at radius 3 is 1.57 bits per heavy atom. The average molecular weight is 897 g/mol. The summed E-state index contributed by atoms with van der Waals surface area (Å²) < 4.78 is 33.4. The molecule has 0 saturated carbocycles. The molecule has 0 aliphatic carbocycles. The van der Waals surface area contributed by atoms with Crippen molar-refractivity contribution in [1.29, 1.82) is 0 Å². The third-order valence-corrected chi connectivity index (χ3v) is 10.8. The number of unbranched alkanes of at least 4 members (excludes halogenated alkanes) is 10. The molecule has 2 rings (SSSR count). The van der Waals surface area contributed by atoms with Crippen LogP contribution < -0.4 is 0 Å². The minimum absolute atomic E-state index is 0.155. The van der Waals surface area contributed by atoms with Gasteiger partial charge in [-0.25, -0.2) is 0 Å². The first-order valence-corrected chi connectivity index (χ1v) is 23.4. The van der Waals surface area contributed by atoms with E-state index in [1.807, 2.05) is 0 Å². The number of carbonyl (C=O) groups is 2. The van der Waals surface area contributed by atoms with Crippen molar-refractivity contribution in [1.82, 2.24) is 0 Å². The molecule has 362 valence electrons. The van der Waals surface area contributed by atoms with E-state index in [0.717, 1.165) is 77.0 Å². The number of allylic oxidation sites excluding steroid dienone is 10. The first-order valence-electron chi connectivity index (χ1n) is 23.4. The summed E-state index contributed by atoms with van der Waals surface area (Å²) in [4.78, 5) is 25.6. The molecule has 2 aliphatic rings. The van der Waals surface area contributed by atoms with Gasteiger partial charge in [-0.2, -0.15) is 0 Å². The van der Waals surface area contributed by atoms with E-state index in [-0.39, 0.29) is 19.4 Å². The maximum absolute atomic E-state index is 12.9. The third kappa shape index (κ3) is 24.3. The number of rotatable bonds is 34. The van der Waals surface area contributed by atoms with E-state index < -0.39 is 99.3 Å². The van der Waals surface area contributed by atoms with Crippen LogP contribution in [0.1, 0.15) is 136 Å². The zero-order valence-electron chi connectivity index (χ0n) is 37.8. The van der Waals surface area contributed by atoms with Gasteiger partial charge in [0.2, 0.25) is 0 Å². The SMILES string of the molecule is CC/C=C/C/C=C/C/C=C/C/C=C/C/C=C/CCCCCC(=O)OC[C@@H](CO[C@@H]1O[C@H](CO[C@@H]2O[C@H](CO)[C@H](O)C(O)C2O)[C@H](O)C(O)C1O)OC(=O)CCCCCCCCCC. The topological polar surface area (TPSA) is 231 Å². The lowest BCUT2D eigenvalue weighted by molar-refractivity contribution is -0.332. The maximum Gasteiger partial charge on any atom is 0.306 e. The van der Waals surface area contributed by atoms with Gasteiger partial charge in [0, 0.05) is 12.8 Å². The van der Waals surface area contributed by atoms with Crippen molar-refractivity contribution < 1.29 is 73.8 Å². The van der Waals surface area contributed by atoms with Gasteiger partial charge in [0.05, 0.1) is 19.8 Å². The highest BCUT2D eigenvalue weighted by Gasteiger charge is 2.47. The molecular weight excluding hydrogens is 817 g/mol. The molecule has 7 N–H and O–H groups in total. The van der Waals surface area contributed by atoms with E-state index in [9.17, 15) is 45.3 Å². The molecule has 4 unspecified atom stereocenters. The summed E-state index contributed by atoms with van der Waals surface area (Å²) in [6, 6.07) is 0. The van der Waals surface area contributed by atoms with Crippen molar-refractivity contribution in [3.05, 3.63) is 60.8 Å². The van der Waals surface area contributed by atoms with Crippen molar-refractivity contribution in [3.63, 3.8) is 0 Å². The fourth-order valence-electron chi connectivity index (χ4n) is 6.89. The molecule has 0 spiro atoms. The summed E-state index contributed by atoms with van der Waals surface area (Å²) in [6.07, 6.45) is 21.4. The largest absolute Gasteiger partial charge is 0.462 e. The lowest BCUT2D eigenvalue weighted by Crippen LogP contribution is -2.61. The zero-order valence-corrected chi connectivity index (χ0v) is 37.8. The van der Waals surface area contributed by atoms with Crippen molar-refractivity contribution in [2.75, 3.05) is 26.4 Å². The zero-order chi connectivity index (χ0) is 46.1. The molecule has 0 aromatic rings. The Bertz CT molecular complexity index is 1330. The van der Waals surface area contributed by atoms with Crippen LogP contribution in [-0.2, 0) is 38.0 Å². The molecule has 15 heteroatoms. The molecule has 0 bridgehead atoms. The van der Waals surface area contributed by atoms with Gasteiger partial charge in [-0.3, -0.25) is 9.59 Å². The standard InChI is InChI=1S/C48H80O15/c1-3-5-7-9-11-13-14-15-16-17-18-19-20-21-22-23-25-26-28-30-39(50)58-33-36(61-40(51)31-29-27-24-12-10-8-6-4-2)34-59-47-46(57)44(55)42(53)38(63-47)35-60-48-45(56)43(54)41(52)37(32-49)62-48/h5,7,11,13,15-16,18-19,21-22,36-38,41-49,52-57H,3-4,6,8-10,12,14,17,20,23-35H2,1-2H3/b7-5+,13-11+,16-15+,19-18+,22-21+/t36-,37+,38+,41-,42-,43?,44?,45?,46?,47+,48+/m0/s1. The lowest BCUT2D eigenvalue weighted by Gasteiger charge is -2.42. The van der Waals surface area contributed by atoms with Crippen LogP contribution in [-0.4, -0.2) is 142 Å². The second-order valence-corrected chi connectivity index (χ2v) is 16.2. The normalized spacial score (nSPS) is 27.4. The van der Waals surface area contributed by atoms with Crippen LogP contribution >= 0.6 is 0 Å². The Kier molecular flexibility index (Phi) is 31.7. The molecule has 15 nitrogen and oxygen atoms in total. The number of aliphatic hydroxyl groups is 7. The van der Waals surface area contributed by atoms with Crippen LogP contribution in [0.4, 0.5) is 0 Å². The van der Waals surface area contributed by atoms with Crippen LogP contribution in [0, 0.1) is 0 Å². The summed E-state index contributed by atoms with van der Waals surface area (Å²) >= 11 is 0. The predicted molar refractivity (Wildman–Crippen MR) is 238 cm³/mol. The molecule has 11 atom stereocenters. The molecular formula is C48H80O15. The maximum atomic E-state index is 12.9. The Morgan fingerprint density at radius 1 is 0.524 bits per heavy atom. The van der Waals surface area contributed by atoms with E-state index in [2.05, 4.69) is 74.6 Å². The van der Waals surface area contributed by atoms with Gasteiger partial charge in [0.1, 0.15) is 55.4 Å². The molecule has 0 aromatic heterocycles. The van der Waals surface area contributed by atoms with Crippen molar-refractivity contribution in [2.24, 2.45) is 0 Å². The first kappa shape index (κ1) is 56.3. The van der Waals surface area contributed by atoms with Crippen LogP contribution in [0.3, 0.4) is 0 Å². The monoisotopic (exact) mass is 897 g/mol. The minimum Gasteiger partial charge on any atom is -0.462 e. The number of esters is 2. The van der Waals surface area contributed by atoms with Gasteiger partial charge in [0.15, 0.2) is 18.7 Å². The average Bonchev–Trinajstić information content (AvgIpc) is 3.28. The van der Waals surface area contributed by atoms with Gasteiger partial charge >= 0.3 is 11.9 Å².